The minimum absolute atomic E-state index is 0.0197. The monoisotopic (exact) mass is 468 g/mol. The molecular weight excluding hydrogens is 424 g/mol. The first kappa shape index (κ1) is 26.6. The predicted octanol–water partition coefficient (Wildman–Crippen LogP) is 6.71. The summed E-state index contributed by atoms with van der Waals surface area (Å²) in [4.78, 5) is 0. The van der Waals surface area contributed by atoms with Crippen molar-refractivity contribution in [1.29, 1.82) is 0 Å². The SMILES string of the molecule is CC(C)c1cc(C2(c3ccc(OCCO)c(C(C)C)c3)CCCCCCC2)ccc1OCCO. The van der Waals surface area contributed by atoms with Gasteiger partial charge in [-0.05, 0) is 59.1 Å². The summed E-state index contributed by atoms with van der Waals surface area (Å²) in [5.41, 5.74) is 5.11. The van der Waals surface area contributed by atoms with Crippen LogP contribution in [-0.4, -0.2) is 36.6 Å². The highest BCUT2D eigenvalue weighted by Gasteiger charge is 2.35. The van der Waals surface area contributed by atoms with Gasteiger partial charge in [-0.3, -0.25) is 0 Å². The van der Waals surface area contributed by atoms with Crippen LogP contribution in [0.1, 0.15) is 107 Å². The number of hydrogen-bond donors (Lipinski definition) is 2. The maximum atomic E-state index is 9.26. The summed E-state index contributed by atoms with van der Waals surface area (Å²) >= 11 is 0. The Kier molecular flexibility index (Phi) is 9.85. The molecule has 2 aromatic rings. The van der Waals surface area contributed by atoms with Crippen LogP contribution in [-0.2, 0) is 5.41 Å². The summed E-state index contributed by atoms with van der Waals surface area (Å²) < 4.78 is 11.8. The van der Waals surface area contributed by atoms with Gasteiger partial charge < -0.3 is 19.7 Å². The molecule has 0 heterocycles. The maximum absolute atomic E-state index is 9.26. The van der Waals surface area contributed by atoms with Gasteiger partial charge >= 0.3 is 0 Å². The lowest BCUT2D eigenvalue weighted by Gasteiger charge is -2.38. The van der Waals surface area contributed by atoms with Crippen molar-refractivity contribution < 1.29 is 19.7 Å². The van der Waals surface area contributed by atoms with E-state index >= 15 is 0 Å². The summed E-state index contributed by atoms with van der Waals surface area (Å²) in [5, 5.41) is 18.5. The van der Waals surface area contributed by atoms with E-state index in [4.69, 9.17) is 9.47 Å². The third-order valence-electron chi connectivity index (χ3n) is 7.27. The second kappa shape index (κ2) is 12.6. The van der Waals surface area contributed by atoms with Crippen LogP contribution in [0, 0.1) is 0 Å². The Morgan fingerprint density at radius 2 is 1.09 bits per heavy atom. The van der Waals surface area contributed by atoms with Gasteiger partial charge in [-0.25, -0.2) is 0 Å². The third kappa shape index (κ3) is 6.14. The molecule has 0 aliphatic heterocycles. The highest BCUT2D eigenvalue weighted by Crippen LogP contribution is 2.46. The number of hydrogen-bond acceptors (Lipinski definition) is 4. The zero-order valence-electron chi connectivity index (χ0n) is 21.6. The van der Waals surface area contributed by atoms with Crippen LogP contribution in [0.25, 0.3) is 0 Å². The largest absolute Gasteiger partial charge is 0.491 e. The van der Waals surface area contributed by atoms with Gasteiger partial charge in [0.2, 0.25) is 0 Å². The fourth-order valence-electron chi connectivity index (χ4n) is 5.42. The molecule has 0 unspecified atom stereocenters. The minimum atomic E-state index is -0.0429. The zero-order chi connectivity index (χ0) is 24.6. The molecule has 0 amide bonds. The molecule has 188 valence electrons. The summed E-state index contributed by atoms with van der Waals surface area (Å²) in [7, 11) is 0. The average Bonchev–Trinajstić information content (AvgIpc) is 2.81. The summed E-state index contributed by atoms with van der Waals surface area (Å²) in [6.45, 7) is 9.51. The lowest BCUT2D eigenvalue weighted by atomic mass is 9.66. The van der Waals surface area contributed by atoms with Crippen LogP contribution >= 0.6 is 0 Å². The van der Waals surface area contributed by atoms with Crippen molar-refractivity contribution in [1.82, 2.24) is 0 Å². The van der Waals surface area contributed by atoms with Gasteiger partial charge in [-0.2, -0.15) is 0 Å². The van der Waals surface area contributed by atoms with Crippen molar-refractivity contribution >= 4 is 0 Å². The maximum Gasteiger partial charge on any atom is 0.122 e. The molecule has 0 spiro atoms. The summed E-state index contributed by atoms with van der Waals surface area (Å²) in [6, 6.07) is 13.5. The van der Waals surface area contributed by atoms with Gasteiger partial charge in [0.15, 0.2) is 0 Å². The normalized spacial score (nSPS) is 16.4. The van der Waals surface area contributed by atoms with Crippen LogP contribution in [0.15, 0.2) is 36.4 Å². The van der Waals surface area contributed by atoms with E-state index in [1.807, 2.05) is 0 Å². The van der Waals surface area contributed by atoms with Crippen molar-refractivity contribution in [2.24, 2.45) is 0 Å². The van der Waals surface area contributed by atoms with E-state index in [1.165, 1.54) is 54.4 Å². The van der Waals surface area contributed by atoms with Gasteiger partial charge in [0.05, 0.1) is 13.2 Å². The number of aliphatic hydroxyl groups excluding tert-OH is 2. The Hall–Kier alpha value is -2.04. The predicted molar refractivity (Wildman–Crippen MR) is 139 cm³/mol. The molecule has 2 aromatic carbocycles. The van der Waals surface area contributed by atoms with Crippen LogP contribution < -0.4 is 9.47 Å². The van der Waals surface area contributed by atoms with Crippen LogP contribution in [0.5, 0.6) is 11.5 Å². The lowest BCUT2D eigenvalue weighted by Crippen LogP contribution is -2.29. The van der Waals surface area contributed by atoms with Gasteiger partial charge in [0, 0.05) is 5.41 Å². The molecule has 0 aromatic heterocycles. The molecule has 1 aliphatic carbocycles. The molecule has 3 rings (SSSR count). The fourth-order valence-corrected chi connectivity index (χ4v) is 5.42. The molecule has 1 saturated carbocycles. The van der Waals surface area contributed by atoms with E-state index in [9.17, 15) is 10.2 Å². The van der Waals surface area contributed by atoms with E-state index in [0.717, 1.165) is 24.3 Å². The summed E-state index contributed by atoms with van der Waals surface area (Å²) in [5.74, 6) is 2.42. The molecule has 2 N–H and O–H groups in total. The van der Waals surface area contributed by atoms with Crippen LogP contribution in [0.3, 0.4) is 0 Å². The first-order valence-corrected chi connectivity index (χ1v) is 13.2. The van der Waals surface area contributed by atoms with E-state index in [1.54, 1.807) is 0 Å². The van der Waals surface area contributed by atoms with Crippen LogP contribution in [0.4, 0.5) is 0 Å². The number of aliphatic hydroxyl groups is 2. The topological polar surface area (TPSA) is 58.9 Å². The van der Waals surface area contributed by atoms with Crippen molar-refractivity contribution in [3.05, 3.63) is 58.7 Å². The highest BCUT2D eigenvalue weighted by atomic mass is 16.5. The number of ether oxygens (including phenoxy) is 2. The minimum Gasteiger partial charge on any atom is -0.491 e. The Balaban J connectivity index is 2.14. The summed E-state index contributed by atoms with van der Waals surface area (Å²) in [6.07, 6.45) is 8.60. The lowest BCUT2D eigenvalue weighted by molar-refractivity contribution is 0.199. The Morgan fingerprint density at radius 3 is 1.47 bits per heavy atom. The molecule has 0 saturated heterocycles. The molecular formula is C30H44O4. The molecule has 4 heteroatoms. The molecule has 34 heavy (non-hydrogen) atoms. The van der Waals surface area contributed by atoms with Crippen molar-refractivity contribution in [2.75, 3.05) is 26.4 Å². The Labute approximate surface area is 206 Å². The zero-order valence-corrected chi connectivity index (χ0v) is 21.6. The average molecular weight is 469 g/mol. The van der Waals surface area contributed by atoms with Gasteiger partial charge in [0.1, 0.15) is 24.7 Å². The Morgan fingerprint density at radius 1 is 0.676 bits per heavy atom. The first-order chi connectivity index (χ1) is 16.4. The molecule has 0 radical (unpaired) electrons. The molecule has 0 bridgehead atoms. The molecule has 1 aliphatic rings. The molecule has 4 nitrogen and oxygen atoms in total. The smallest absolute Gasteiger partial charge is 0.122 e. The van der Waals surface area contributed by atoms with Gasteiger partial charge in [0.25, 0.3) is 0 Å². The third-order valence-corrected chi connectivity index (χ3v) is 7.27. The van der Waals surface area contributed by atoms with Crippen molar-refractivity contribution in [3.63, 3.8) is 0 Å². The van der Waals surface area contributed by atoms with Gasteiger partial charge in [-0.15, -0.1) is 0 Å². The number of benzene rings is 2. The Bertz CT molecular complexity index is 829. The molecule has 1 fully saturated rings. The van der Waals surface area contributed by atoms with E-state index in [2.05, 4.69) is 64.1 Å². The second-order valence-electron chi connectivity index (χ2n) is 10.3. The second-order valence-corrected chi connectivity index (χ2v) is 10.3. The first-order valence-electron chi connectivity index (χ1n) is 13.2. The van der Waals surface area contributed by atoms with E-state index in [-0.39, 0.29) is 18.6 Å². The number of rotatable bonds is 10. The van der Waals surface area contributed by atoms with E-state index in [0.29, 0.717) is 25.0 Å². The van der Waals surface area contributed by atoms with E-state index < -0.39 is 0 Å². The van der Waals surface area contributed by atoms with Gasteiger partial charge in [-0.1, -0.05) is 84.1 Å². The van der Waals surface area contributed by atoms with Crippen molar-refractivity contribution in [2.45, 2.75) is 89.9 Å². The van der Waals surface area contributed by atoms with Crippen LogP contribution in [0.2, 0.25) is 0 Å². The molecule has 0 atom stereocenters. The standard InChI is InChI=1S/C30H44O4/c1-22(2)26-20-24(10-12-28(26)33-18-16-31)30(14-8-6-5-7-9-15-30)25-11-13-29(34-19-17-32)27(21-25)23(3)4/h10-13,20-23,31-32H,5-9,14-19H2,1-4H3. The highest BCUT2D eigenvalue weighted by molar-refractivity contribution is 5.50. The fraction of sp³-hybridized carbons (Fsp3) is 0.600. The quantitative estimate of drug-likeness (QED) is 0.407. The van der Waals surface area contributed by atoms with Crippen molar-refractivity contribution in [3.8, 4) is 11.5 Å².